The summed E-state index contributed by atoms with van der Waals surface area (Å²) in [6, 6.07) is 20.0. The molecule has 1 unspecified atom stereocenters. The van der Waals surface area contributed by atoms with Crippen molar-refractivity contribution in [3.8, 4) is 0 Å². The molecule has 23 heavy (non-hydrogen) atoms. The normalized spacial score (nSPS) is 16.0. The molecule has 4 nitrogen and oxygen atoms in total. The Morgan fingerprint density at radius 2 is 1.43 bits per heavy atom. The van der Waals surface area contributed by atoms with Crippen molar-refractivity contribution in [2.24, 2.45) is 0 Å². The summed E-state index contributed by atoms with van der Waals surface area (Å²) in [5.74, 6) is 0.180. The summed E-state index contributed by atoms with van der Waals surface area (Å²) < 4.78 is 0. The zero-order valence-corrected chi connectivity index (χ0v) is 13.5. The summed E-state index contributed by atoms with van der Waals surface area (Å²) in [6.45, 7) is 5.29. The maximum atomic E-state index is 12.9. The van der Waals surface area contributed by atoms with Crippen LogP contribution in [0.1, 0.15) is 6.92 Å². The molecular formula is C19H23N3O. The van der Waals surface area contributed by atoms with E-state index in [1.807, 2.05) is 48.2 Å². The van der Waals surface area contributed by atoms with Crippen molar-refractivity contribution in [1.82, 2.24) is 10.2 Å². The number of hydrogen-bond acceptors (Lipinski definition) is 3. The average Bonchev–Trinajstić information content (AvgIpc) is 2.64. The van der Waals surface area contributed by atoms with Crippen LogP contribution in [0.4, 0.5) is 11.4 Å². The first-order valence-electron chi connectivity index (χ1n) is 8.16. The van der Waals surface area contributed by atoms with Crippen LogP contribution >= 0.6 is 0 Å². The highest BCUT2D eigenvalue weighted by molar-refractivity contribution is 5.88. The van der Waals surface area contributed by atoms with Gasteiger partial charge in [0.2, 0.25) is 5.91 Å². The summed E-state index contributed by atoms with van der Waals surface area (Å²) in [6.07, 6.45) is 0. The third kappa shape index (κ3) is 3.54. The number of benzene rings is 2. The van der Waals surface area contributed by atoms with Crippen LogP contribution < -0.4 is 10.2 Å². The maximum absolute atomic E-state index is 12.9. The van der Waals surface area contributed by atoms with Gasteiger partial charge >= 0.3 is 0 Å². The minimum atomic E-state index is -0.238. The van der Waals surface area contributed by atoms with Gasteiger partial charge in [0.15, 0.2) is 0 Å². The van der Waals surface area contributed by atoms with Crippen LogP contribution in [0.15, 0.2) is 60.7 Å². The molecule has 3 rings (SSSR count). The molecule has 2 aromatic rings. The van der Waals surface area contributed by atoms with Crippen LogP contribution in [-0.4, -0.2) is 43.0 Å². The maximum Gasteiger partial charge on any atom is 0.245 e. The Labute approximate surface area is 137 Å². The molecule has 0 bridgehead atoms. The van der Waals surface area contributed by atoms with E-state index in [-0.39, 0.29) is 11.9 Å². The summed E-state index contributed by atoms with van der Waals surface area (Å²) in [4.78, 5) is 17.0. The van der Waals surface area contributed by atoms with Gasteiger partial charge in [0.25, 0.3) is 0 Å². The van der Waals surface area contributed by atoms with Crippen LogP contribution in [0.5, 0.6) is 0 Å². The molecule has 1 fully saturated rings. The van der Waals surface area contributed by atoms with Gasteiger partial charge in [-0.05, 0) is 31.2 Å². The molecular weight excluding hydrogens is 286 g/mol. The van der Waals surface area contributed by atoms with E-state index in [2.05, 4.69) is 34.5 Å². The molecule has 1 amide bonds. The fourth-order valence-electron chi connectivity index (χ4n) is 3.03. The van der Waals surface area contributed by atoms with Crippen LogP contribution in [0, 0.1) is 0 Å². The van der Waals surface area contributed by atoms with E-state index in [0.717, 1.165) is 37.6 Å². The Bertz CT molecular complexity index is 584. The number of nitrogens with one attached hydrogen (secondary N) is 1. The monoisotopic (exact) mass is 309 g/mol. The van der Waals surface area contributed by atoms with E-state index in [1.54, 1.807) is 0 Å². The third-order valence-corrected chi connectivity index (χ3v) is 4.24. The van der Waals surface area contributed by atoms with Crippen LogP contribution in [0.3, 0.4) is 0 Å². The summed E-state index contributed by atoms with van der Waals surface area (Å²) >= 11 is 0. The fraction of sp³-hybridized carbons (Fsp3) is 0.316. The van der Waals surface area contributed by atoms with Gasteiger partial charge in [-0.25, -0.2) is 0 Å². The van der Waals surface area contributed by atoms with Crippen molar-refractivity contribution < 1.29 is 4.79 Å². The first-order valence-corrected chi connectivity index (χ1v) is 8.16. The van der Waals surface area contributed by atoms with Crippen molar-refractivity contribution in [2.75, 3.05) is 31.1 Å². The molecule has 0 aliphatic carbocycles. The molecule has 1 saturated heterocycles. The lowest BCUT2D eigenvalue weighted by atomic mass is 10.1. The van der Waals surface area contributed by atoms with Gasteiger partial charge in [0.1, 0.15) is 6.04 Å². The largest absolute Gasteiger partial charge is 0.338 e. The number of carbonyl (C=O) groups excluding carboxylic acids is 1. The van der Waals surface area contributed by atoms with Gasteiger partial charge in [-0.3, -0.25) is 4.79 Å². The molecule has 0 saturated carbocycles. The number of piperazine rings is 1. The van der Waals surface area contributed by atoms with Gasteiger partial charge < -0.3 is 15.1 Å². The number of nitrogens with zero attached hydrogens (tertiary/aromatic N) is 2. The predicted molar refractivity (Wildman–Crippen MR) is 93.9 cm³/mol. The van der Waals surface area contributed by atoms with Crippen molar-refractivity contribution in [2.45, 2.75) is 13.0 Å². The molecule has 2 aromatic carbocycles. The summed E-state index contributed by atoms with van der Waals surface area (Å²) in [5, 5.41) is 3.29. The van der Waals surface area contributed by atoms with Crippen molar-refractivity contribution in [3.05, 3.63) is 60.7 Å². The minimum absolute atomic E-state index is 0.180. The highest BCUT2D eigenvalue weighted by Gasteiger charge is 2.28. The third-order valence-electron chi connectivity index (χ3n) is 4.24. The van der Waals surface area contributed by atoms with Crippen LogP contribution in [0.2, 0.25) is 0 Å². The predicted octanol–water partition coefficient (Wildman–Crippen LogP) is 2.65. The molecule has 1 atom stereocenters. The van der Waals surface area contributed by atoms with E-state index in [4.69, 9.17) is 0 Å². The second-order valence-electron chi connectivity index (χ2n) is 5.79. The van der Waals surface area contributed by atoms with E-state index in [1.165, 1.54) is 0 Å². The molecule has 0 radical (unpaired) electrons. The highest BCUT2D eigenvalue weighted by atomic mass is 16.2. The lowest BCUT2D eigenvalue weighted by Gasteiger charge is -2.36. The summed E-state index contributed by atoms with van der Waals surface area (Å²) in [7, 11) is 0. The number of hydrogen-bond donors (Lipinski definition) is 1. The molecule has 4 heteroatoms. The van der Waals surface area contributed by atoms with E-state index >= 15 is 0 Å². The molecule has 0 aromatic heterocycles. The number of amides is 1. The van der Waals surface area contributed by atoms with Crippen LogP contribution in [-0.2, 0) is 4.79 Å². The highest BCUT2D eigenvalue weighted by Crippen LogP contribution is 2.28. The smallest absolute Gasteiger partial charge is 0.245 e. The molecule has 120 valence electrons. The number of rotatable bonds is 4. The Kier molecular flexibility index (Phi) is 4.93. The molecule has 1 aliphatic heterocycles. The standard InChI is InChI=1S/C19H23N3O/c1-16(19(23)21-14-12-20-13-15-21)22(17-8-4-2-5-9-17)18-10-6-3-7-11-18/h2-11,16,20H,12-15H2,1H3. The van der Waals surface area contributed by atoms with Gasteiger partial charge in [0, 0.05) is 37.6 Å². The minimum Gasteiger partial charge on any atom is -0.338 e. The molecule has 1 heterocycles. The first-order chi connectivity index (χ1) is 11.3. The number of anilines is 2. The zero-order valence-electron chi connectivity index (χ0n) is 13.5. The van der Waals surface area contributed by atoms with Gasteiger partial charge in [0.05, 0.1) is 0 Å². The second kappa shape index (κ2) is 7.29. The lowest BCUT2D eigenvalue weighted by molar-refractivity contribution is -0.132. The molecule has 1 N–H and O–H groups in total. The summed E-state index contributed by atoms with van der Waals surface area (Å²) in [5.41, 5.74) is 2.07. The van der Waals surface area contributed by atoms with Crippen molar-refractivity contribution >= 4 is 17.3 Å². The number of carbonyl (C=O) groups is 1. The van der Waals surface area contributed by atoms with E-state index < -0.39 is 0 Å². The van der Waals surface area contributed by atoms with Gasteiger partial charge in [-0.1, -0.05) is 36.4 Å². The fourth-order valence-corrected chi connectivity index (χ4v) is 3.03. The number of para-hydroxylation sites is 2. The van der Waals surface area contributed by atoms with Gasteiger partial charge in [-0.2, -0.15) is 0 Å². The Morgan fingerprint density at radius 1 is 0.957 bits per heavy atom. The van der Waals surface area contributed by atoms with E-state index in [9.17, 15) is 4.79 Å². The van der Waals surface area contributed by atoms with Gasteiger partial charge in [-0.15, -0.1) is 0 Å². The van der Waals surface area contributed by atoms with Crippen molar-refractivity contribution in [3.63, 3.8) is 0 Å². The van der Waals surface area contributed by atoms with Crippen LogP contribution in [0.25, 0.3) is 0 Å². The Hall–Kier alpha value is -2.33. The quantitative estimate of drug-likeness (QED) is 0.943. The second-order valence-corrected chi connectivity index (χ2v) is 5.79. The average molecular weight is 309 g/mol. The first kappa shape index (κ1) is 15.6. The topological polar surface area (TPSA) is 35.6 Å². The zero-order chi connectivity index (χ0) is 16.1. The Balaban J connectivity index is 1.90. The molecule has 0 spiro atoms. The SMILES string of the molecule is CC(C(=O)N1CCNCC1)N(c1ccccc1)c1ccccc1. The molecule has 1 aliphatic rings. The lowest BCUT2D eigenvalue weighted by Crippen LogP contribution is -2.52. The Morgan fingerprint density at radius 3 is 1.91 bits per heavy atom. The van der Waals surface area contributed by atoms with E-state index in [0.29, 0.717) is 0 Å². The van der Waals surface area contributed by atoms with Crippen molar-refractivity contribution in [1.29, 1.82) is 0 Å².